The van der Waals surface area contributed by atoms with Gasteiger partial charge in [-0.1, -0.05) is 6.07 Å². The largest absolute Gasteiger partial charge is 0.493 e. The van der Waals surface area contributed by atoms with E-state index in [-0.39, 0.29) is 23.6 Å². The second kappa shape index (κ2) is 8.31. The molecule has 2 aliphatic rings. The number of cyclic esters (lactones) is 1. The van der Waals surface area contributed by atoms with E-state index in [1.807, 2.05) is 0 Å². The van der Waals surface area contributed by atoms with Crippen molar-refractivity contribution in [2.75, 3.05) is 7.11 Å². The van der Waals surface area contributed by atoms with Gasteiger partial charge in [0.05, 0.1) is 7.11 Å². The zero-order valence-corrected chi connectivity index (χ0v) is 15.1. The quantitative estimate of drug-likeness (QED) is 0.449. The highest BCUT2D eigenvalue weighted by Crippen LogP contribution is 2.33. The summed E-state index contributed by atoms with van der Waals surface area (Å²) in [5.41, 5.74) is 0.830. The van der Waals surface area contributed by atoms with Crippen molar-refractivity contribution in [2.24, 2.45) is 0 Å². The molecule has 1 aromatic rings. The number of carbonyl (C=O) groups is 2. The fourth-order valence-corrected chi connectivity index (χ4v) is 3.25. The van der Waals surface area contributed by atoms with E-state index in [2.05, 4.69) is 0 Å². The summed E-state index contributed by atoms with van der Waals surface area (Å²) in [5, 5.41) is 39.0. The fraction of sp³-hybridized carbons (Fsp3) is 0.556. The number of esters is 1. The van der Waals surface area contributed by atoms with Crippen molar-refractivity contribution in [1.82, 2.24) is 0 Å². The van der Waals surface area contributed by atoms with Crippen molar-refractivity contribution in [3.63, 3.8) is 0 Å². The molecule has 0 radical (unpaired) electrons. The molecular weight excluding hydrogens is 376 g/mol. The monoisotopic (exact) mass is 398 g/mol. The topological polar surface area (TPSA) is 152 Å². The number of carboxylic acid groups (broad SMARTS) is 1. The van der Waals surface area contributed by atoms with Crippen LogP contribution in [0.2, 0.25) is 0 Å². The fourth-order valence-electron chi connectivity index (χ4n) is 3.25. The zero-order valence-electron chi connectivity index (χ0n) is 15.1. The van der Waals surface area contributed by atoms with E-state index in [1.165, 1.54) is 7.11 Å². The summed E-state index contributed by atoms with van der Waals surface area (Å²) in [5.74, 6) is -1.30. The number of carboxylic acids is 1. The first-order valence-corrected chi connectivity index (χ1v) is 8.75. The van der Waals surface area contributed by atoms with E-state index >= 15 is 0 Å². The molecule has 0 bridgehead atoms. The van der Waals surface area contributed by atoms with Gasteiger partial charge in [-0.25, -0.2) is 4.79 Å². The highest BCUT2D eigenvalue weighted by Gasteiger charge is 2.48. The van der Waals surface area contributed by atoms with Gasteiger partial charge in [0.2, 0.25) is 0 Å². The van der Waals surface area contributed by atoms with Gasteiger partial charge in [-0.05, 0) is 24.1 Å². The Morgan fingerprint density at radius 2 is 1.96 bits per heavy atom. The van der Waals surface area contributed by atoms with Gasteiger partial charge in [-0.3, -0.25) is 4.79 Å². The van der Waals surface area contributed by atoms with Gasteiger partial charge in [0.15, 0.2) is 30.0 Å². The van der Waals surface area contributed by atoms with Crippen molar-refractivity contribution >= 4 is 11.9 Å². The van der Waals surface area contributed by atoms with Crippen LogP contribution >= 0.6 is 0 Å². The molecule has 10 heteroatoms. The third-order valence-corrected chi connectivity index (χ3v) is 4.73. The average Bonchev–Trinajstić information content (AvgIpc) is 3.07. The van der Waals surface area contributed by atoms with Gasteiger partial charge in [0.1, 0.15) is 18.3 Å². The predicted molar refractivity (Wildman–Crippen MR) is 90.8 cm³/mol. The molecule has 3 rings (SSSR count). The lowest BCUT2D eigenvalue weighted by Crippen LogP contribution is -2.61. The number of hydrogen-bond donors (Lipinski definition) is 4. The van der Waals surface area contributed by atoms with Crippen molar-refractivity contribution in [1.29, 1.82) is 0 Å². The van der Waals surface area contributed by atoms with Crippen molar-refractivity contribution < 1.29 is 49.0 Å². The number of aliphatic hydroxyl groups is 3. The van der Waals surface area contributed by atoms with E-state index in [9.17, 15) is 24.9 Å². The Hall–Kier alpha value is -2.40. The van der Waals surface area contributed by atoms with E-state index in [4.69, 9.17) is 24.1 Å². The van der Waals surface area contributed by atoms with E-state index < -0.39 is 36.7 Å². The standard InChI is InChI=1S/C18H22O10/c1-25-11-7-8(6-9-3-5-12(19)26-9)2-4-10(11)27-16-14(21)13(20)15(17(22)23)28-18(16)24/h2,4,7,9,13-16,18,20-21,24H,3,5-6H2,1H3,(H,22,23). The Balaban J connectivity index is 1.72. The maximum atomic E-state index is 11.2. The molecule has 10 nitrogen and oxygen atoms in total. The number of benzene rings is 1. The molecule has 0 saturated carbocycles. The Bertz CT molecular complexity index is 735. The van der Waals surface area contributed by atoms with Gasteiger partial charge in [0.25, 0.3) is 0 Å². The third kappa shape index (κ3) is 4.20. The maximum Gasteiger partial charge on any atom is 0.335 e. The van der Waals surface area contributed by atoms with Gasteiger partial charge in [-0.2, -0.15) is 0 Å². The van der Waals surface area contributed by atoms with Crippen LogP contribution in [0.15, 0.2) is 18.2 Å². The van der Waals surface area contributed by atoms with Crippen LogP contribution in [0, 0.1) is 0 Å². The van der Waals surface area contributed by atoms with Crippen LogP contribution in [0.5, 0.6) is 11.5 Å². The van der Waals surface area contributed by atoms with Crippen LogP contribution in [0.25, 0.3) is 0 Å². The van der Waals surface area contributed by atoms with Crippen LogP contribution in [0.3, 0.4) is 0 Å². The van der Waals surface area contributed by atoms with E-state index in [0.29, 0.717) is 19.3 Å². The van der Waals surface area contributed by atoms with Gasteiger partial charge >= 0.3 is 11.9 Å². The predicted octanol–water partition coefficient (Wildman–Crippen LogP) is -0.786. The van der Waals surface area contributed by atoms with Crippen molar-refractivity contribution in [3.05, 3.63) is 23.8 Å². The molecule has 1 aromatic carbocycles. The first kappa shape index (κ1) is 20.3. The summed E-state index contributed by atoms with van der Waals surface area (Å²) >= 11 is 0. The Labute approximate surface area is 160 Å². The third-order valence-electron chi connectivity index (χ3n) is 4.73. The SMILES string of the molecule is COc1cc(CC2CCC(=O)O2)ccc1OC1C(O)OC(C(=O)O)C(O)C1O. The molecule has 0 aliphatic carbocycles. The lowest BCUT2D eigenvalue weighted by atomic mass is 9.98. The number of hydrogen-bond acceptors (Lipinski definition) is 9. The summed E-state index contributed by atoms with van der Waals surface area (Å²) in [4.78, 5) is 22.2. The second-order valence-electron chi connectivity index (χ2n) is 6.69. The molecule has 0 spiro atoms. The minimum atomic E-state index is -1.78. The lowest BCUT2D eigenvalue weighted by molar-refractivity contribution is -0.274. The molecule has 0 amide bonds. The summed E-state index contributed by atoms with van der Waals surface area (Å²) in [6.45, 7) is 0. The number of methoxy groups -OCH3 is 1. The lowest BCUT2D eigenvalue weighted by Gasteiger charge is -2.38. The molecule has 6 atom stereocenters. The minimum absolute atomic E-state index is 0.155. The first-order chi connectivity index (χ1) is 13.3. The molecule has 154 valence electrons. The van der Waals surface area contributed by atoms with E-state index in [1.54, 1.807) is 18.2 Å². The molecule has 2 heterocycles. The van der Waals surface area contributed by atoms with Crippen LogP contribution in [-0.2, 0) is 25.5 Å². The number of aliphatic hydroxyl groups excluding tert-OH is 3. The molecule has 2 aliphatic heterocycles. The number of carbonyl (C=O) groups excluding carboxylic acids is 1. The number of aliphatic carboxylic acids is 1. The molecule has 0 aromatic heterocycles. The normalized spacial score (nSPS) is 32.6. The Kier molecular flexibility index (Phi) is 6.04. The molecular formula is C18H22O10. The highest BCUT2D eigenvalue weighted by atomic mass is 16.7. The zero-order chi connectivity index (χ0) is 20.4. The number of rotatable bonds is 6. The Morgan fingerprint density at radius 3 is 2.57 bits per heavy atom. The Morgan fingerprint density at radius 1 is 1.21 bits per heavy atom. The minimum Gasteiger partial charge on any atom is -0.493 e. The summed E-state index contributed by atoms with van der Waals surface area (Å²) in [6, 6.07) is 4.92. The number of ether oxygens (including phenoxy) is 4. The summed E-state index contributed by atoms with van der Waals surface area (Å²) < 4.78 is 20.9. The van der Waals surface area contributed by atoms with Crippen LogP contribution in [0.1, 0.15) is 18.4 Å². The molecule has 28 heavy (non-hydrogen) atoms. The van der Waals surface area contributed by atoms with Gasteiger partial charge < -0.3 is 39.4 Å². The molecule has 2 saturated heterocycles. The van der Waals surface area contributed by atoms with Crippen LogP contribution < -0.4 is 9.47 Å². The highest BCUT2D eigenvalue weighted by molar-refractivity contribution is 5.73. The van der Waals surface area contributed by atoms with Crippen LogP contribution in [-0.4, -0.2) is 76.3 Å². The summed E-state index contributed by atoms with van der Waals surface area (Å²) in [6.07, 6.45) is -7.15. The van der Waals surface area contributed by atoms with Crippen molar-refractivity contribution in [3.8, 4) is 11.5 Å². The smallest absolute Gasteiger partial charge is 0.335 e. The average molecular weight is 398 g/mol. The van der Waals surface area contributed by atoms with Gasteiger partial charge in [-0.15, -0.1) is 0 Å². The summed E-state index contributed by atoms with van der Waals surface area (Å²) in [7, 11) is 1.40. The first-order valence-electron chi connectivity index (χ1n) is 8.75. The molecule has 6 unspecified atom stereocenters. The van der Waals surface area contributed by atoms with Crippen molar-refractivity contribution in [2.45, 2.75) is 56.1 Å². The maximum absolute atomic E-state index is 11.2. The van der Waals surface area contributed by atoms with Gasteiger partial charge in [0, 0.05) is 12.8 Å². The van der Waals surface area contributed by atoms with Crippen LogP contribution in [0.4, 0.5) is 0 Å². The molecule has 2 fully saturated rings. The molecule has 4 N–H and O–H groups in total. The van der Waals surface area contributed by atoms with E-state index in [0.717, 1.165) is 5.56 Å². The second-order valence-corrected chi connectivity index (χ2v) is 6.69.